The quantitative estimate of drug-likeness (QED) is 0.441. The molecule has 0 aliphatic carbocycles. The largest absolute Gasteiger partial charge is 0.465 e. The topological polar surface area (TPSA) is 93.6 Å². The summed E-state index contributed by atoms with van der Waals surface area (Å²) in [6.07, 6.45) is -4.86. The number of aromatic nitrogens is 2. The van der Waals surface area contributed by atoms with Gasteiger partial charge in [-0.3, -0.25) is 4.90 Å². The molecule has 2 heterocycles. The number of nitrogens with one attached hydrogen (secondary N) is 2. The molecule has 1 fully saturated rings. The summed E-state index contributed by atoms with van der Waals surface area (Å²) < 4.78 is 38.8. The Morgan fingerprint density at radius 1 is 0.971 bits per heavy atom. The first-order valence-corrected chi connectivity index (χ1v) is 11.4. The molecule has 0 radical (unpaired) electrons. The standard InChI is InChI=1S/C24H27F3N6O2/c25-24(26,27)18-5-3-4-17(16-18)8-9-29-22-30-20-7-2-1-6-19(20)21(31-22)28-10-11-32-12-14-33(15-13-32)23(34)35/h1-7,16H,8-15H2,(H,34,35)(H2,28,29,30,31). The Kier molecular flexibility index (Phi) is 7.54. The van der Waals surface area contributed by atoms with E-state index >= 15 is 0 Å². The third kappa shape index (κ3) is 6.50. The van der Waals surface area contributed by atoms with Crippen LogP contribution in [0.1, 0.15) is 11.1 Å². The Hall–Kier alpha value is -3.60. The van der Waals surface area contributed by atoms with Gasteiger partial charge < -0.3 is 20.6 Å². The number of benzene rings is 2. The van der Waals surface area contributed by atoms with Crippen LogP contribution in [0.4, 0.5) is 29.7 Å². The summed E-state index contributed by atoms with van der Waals surface area (Å²) in [5, 5.41) is 16.4. The van der Waals surface area contributed by atoms with Crippen LogP contribution in [0.2, 0.25) is 0 Å². The Bertz CT molecular complexity index is 1170. The summed E-state index contributed by atoms with van der Waals surface area (Å²) in [7, 11) is 0. The fraction of sp³-hybridized carbons (Fsp3) is 0.375. The van der Waals surface area contributed by atoms with Gasteiger partial charge in [0.25, 0.3) is 0 Å². The summed E-state index contributed by atoms with van der Waals surface area (Å²) in [6, 6.07) is 12.9. The first-order valence-electron chi connectivity index (χ1n) is 11.4. The molecule has 2 aromatic carbocycles. The van der Waals surface area contributed by atoms with Crippen molar-refractivity contribution in [3.05, 3.63) is 59.7 Å². The van der Waals surface area contributed by atoms with Gasteiger partial charge in [0.05, 0.1) is 11.1 Å². The van der Waals surface area contributed by atoms with E-state index in [-0.39, 0.29) is 0 Å². The van der Waals surface area contributed by atoms with E-state index in [2.05, 4.69) is 25.5 Å². The maximum absolute atomic E-state index is 12.9. The van der Waals surface area contributed by atoms with Crippen molar-refractivity contribution >= 4 is 28.8 Å². The van der Waals surface area contributed by atoms with Crippen molar-refractivity contribution in [1.29, 1.82) is 0 Å². The first-order chi connectivity index (χ1) is 16.8. The Labute approximate surface area is 200 Å². The van der Waals surface area contributed by atoms with Crippen LogP contribution >= 0.6 is 0 Å². The molecule has 1 aliphatic heterocycles. The van der Waals surface area contributed by atoms with Crippen molar-refractivity contribution in [2.75, 3.05) is 56.4 Å². The van der Waals surface area contributed by atoms with E-state index in [9.17, 15) is 18.0 Å². The van der Waals surface area contributed by atoms with E-state index in [4.69, 9.17) is 5.11 Å². The fourth-order valence-electron chi connectivity index (χ4n) is 4.01. The van der Waals surface area contributed by atoms with Crippen molar-refractivity contribution in [1.82, 2.24) is 19.8 Å². The minimum absolute atomic E-state index is 0.382. The molecule has 0 spiro atoms. The van der Waals surface area contributed by atoms with Gasteiger partial charge in [-0.25, -0.2) is 9.78 Å². The zero-order valence-corrected chi connectivity index (χ0v) is 19.1. The number of para-hydroxylation sites is 1. The highest BCUT2D eigenvalue weighted by Gasteiger charge is 2.30. The fourth-order valence-corrected chi connectivity index (χ4v) is 4.01. The third-order valence-corrected chi connectivity index (χ3v) is 5.92. The van der Waals surface area contributed by atoms with Gasteiger partial charge in [0, 0.05) is 51.2 Å². The van der Waals surface area contributed by atoms with E-state index in [0.29, 0.717) is 63.0 Å². The van der Waals surface area contributed by atoms with Gasteiger partial charge in [0.1, 0.15) is 5.82 Å². The van der Waals surface area contributed by atoms with Gasteiger partial charge in [-0.1, -0.05) is 30.3 Å². The molecule has 1 saturated heterocycles. The lowest BCUT2D eigenvalue weighted by atomic mass is 10.1. The van der Waals surface area contributed by atoms with Gasteiger partial charge in [0.2, 0.25) is 5.95 Å². The zero-order valence-electron chi connectivity index (χ0n) is 19.1. The molecule has 0 bridgehead atoms. The molecule has 4 rings (SSSR count). The number of hydrogen-bond acceptors (Lipinski definition) is 6. The molecule has 3 N–H and O–H groups in total. The molecule has 8 nitrogen and oxygen atoms in total. The van der Waals surface area contributed by atoms with Crippen LogP contribution in [0, 0.1) is 0 Å². The van der Waals surface area contributed by atoms with Gasteiger partial charge in [-0.2, -0.15) is 18.2 Å². The number of rotatable bonds is 8. The molecule has 11 heteroatoms. The van der Waals surface area contributed by atoms with Crippen molar-refractivity contribution in [2.24, 2.45) is 0 Å². The van der Waals surface area contributed by atoms with Crippen molar-refractivity contribution in [3.63, 3.8) is 0 Å². The average molecular weight is 489 g/mol. The Morgan fingerprint density at radius 2 is 1.74 bits per heavy atom. The molecule has 0 saturated carbocycles. The molecule has 35 heavy (non-hydrogen) atoms. The molecule has 1 amide bonds. The maximum atomic E-state index is 12.9. The summed E-state index contributed by atoms with van der Waals surface area (Å²) in [5.74, 6) is 1.06. The number of amides is 1. The highest BCUT2D eigenvalue weighted by molar-refractivity contribution is 5.90. The molecule has 0 atom stereocenters. The van der Waals surface area contributed by atoms with Crippen LogP contribution in [0.25, 0.3) is 10.9 Å². The number of halogens is 3. The third-order valence-electron chi connectivity index (χ3n) is 5.92. The Balaban J connectivity index is 1.36. The Morgan fingerprint density at radius 3 is 2.49 bits per heavy atom. The molecular weight excluding hydrogens is 461 g/mol. The smallest absolute Gasteiger partial charge is 0.416 e. The molecule has 1 aliphatic rings. The lowest BCUT2D eigenvalue weighted by molar-refractivity contribution is -0.137. The highest BCUT2D eigenvalue weighted by Crippen LogP contribution is 2.29. The van der Waals surface area contributed by atoms with Crippen molar-refractivity contribution in [2.45, 2.75) is 12.6 Å². The highest BCUT2D eigenvalue weighted by atomic mass is 19.4. The summed E-state index contributed by atoms with van der Waals surface area (Å²) in [4.78, 5) is 23.8. The lowest BCUT2D eigenvalue weighted by Crippen LogP contribution is -2.49. The van der Waals surface area contributed by atoms with E-state index in [1.165, 1.54) is 11.0 Å². The van der Waals surface area contributed by atoms with Crippen LogP contribution in [0.15, 0.2) is 48.5 Å². The summed E-state index contributed by atoms with van der Waals surface area (Å²) in [5.41, 5.74) is 0.670. The number of hydrogen-bond donors (Lipinski definition) is 3. The normalized spacial score (nSPS) is 14.8. The van der Waals surface area contributed by atoms with Crippen LogP contribution in [-0.4, -0.2) is 76.8 Å². The molecular formula is C24H27F3N6O2. The minimum Gasteiger partial charge on any atom is -0.465 e. The second kappa shape index (κ2) is 10.8. The number of carbonyl (C=O) groups is 1. The van der Waals surface area contributed by atoms with Crippen LogP contribution < -0.4 is 10.6 Å². The monoisotopic (exact) mass is 488 g/mol. The predicted octanol–water partition coefficient (Wildman–Crippen LogP) is 4.01. The van der Waals surface area contributed by atoms with Crippen molar-refractivity contribution < 1.29 is 23.1 Å². The molecule has 1 aromatic heterocycles. The van der Waals surface area contributed by atoms with Crippen LogP contribution in [0.3, 0.4) is 0 Å². The number of nitrogens with zero attached hydrogens (tertiary/aromatic N) is 4. The van der Waals surface area contributed by atoms with Gasteiger partial charge >= 0.3 is 12.3 Å². The van der Waals surface area contributed by atoms with E-state index in [0.717, 1.165) is 29.6 Å². The maximum Gasteiger partial charge on any atom is 0.416 e. The minimum atomic E-state index is -4.37. The second-order valence-corrected chi connectivity index (χ2v) is 8.33. The van der Waals surface area contributed by atoms with Crippen LogP contribution in [-0.2, 0) is 12.6 Å². The van der Waals surface area contributed by atoms with Gasteiger partial charge in [0.15, 0.2) is 0 Å². The average Bonchev–Trinajstić information content (AvgIpc) is 2.84. The first kappa shape index (κ1) is 24.5. The SMILES string of the molecule is O=C(O)N1CCN(CCNc2nc(NCCc3cccc(C(F)(F)F)c3)nc3ccccc23)CC1. The number of fused-ring (bicyclic) bond motifs is 1. The van der Waals surface area contributed by atoms with E-state index < -0.39 is 17.8 Å². The number of anilines is 2. The van der Waals surface area contributed by atoms with Gasteiger partial charge in [-0.15, -0.1) is 0 Å². The molecule has 186 valence electrons. The van der Waals surface area contributed by atoms with E-state index in [1.807, 2.05) is 24.3 Å². The van der Waals surface area contributed by atoms with Gasteiger partial charge in [-0.05, 0) is 30.2 Å². The number of piperazine rings is 1. The lowest BCUT2D eigenvalue weighted by Gasteiger charge is -2.33. The molecule has 0 unspecified atom stereocenters. The second-order valence-electron chi connectivity index (χ2n) is 8.33. The number of carboxylic acid groups (broad SMARTS) is 1. The van der Waals surface area contributed by atoms with Crippen molar-refractivity contribution in [3.8, 4) is 0 Å². The summed E-state index contributed by atoms with van der Waals surface area (Å²) in [6.45, 7) is 4.09. The summed E-state index contributed by atoms with van der Waals surface area (Å²) >= 11 is 0. The predicted molar refractivity (Wildman–Crippen MR) is 128 cm³/mol. The van der Waals surface area contributed by atoms with E-state index in [1.54, 1.807) is 6.07 Å². The van der Waals surface area contributed by atoms with Crippen LogP contribution in [0.5, 0.6) is 0 Å². The molecule has 3 aromatic rings. The number of alkyl halides is 3. The zero-order chi connectivity index (χ0) is 24.8.